The molecule has 0 spiro atoms. The summed E-state index contributed by atoms with van der Waals surface area (Å²) >= 11 is 6.07. The number of rotatable bonds is 2. The average Bonchev–Trinajstić information content (AvgIpc) is 1.99. The molecule has 60 valence electrons. The maximum Gasteiger partial charge on any atom is 0.0467 e. The largest absolute Gasteiger partial charge is 0.0838 e. The maximum atomic E-state index is 6.07. The molecular weight excluding hydrogens is 156 g/mol. The normalized spacial score (nSPS) is 10.1. The zero-order valence-corrected chi connectivity index (χ0v) is 7.78. The van der Waals surface area contributed by atoms with Crippen molar-refractivity contribution in [2.75, 3.05) is 0 Å². The van der Waals surface area contributed by atoms with Gasteiger partial charge >= 0.3 is 0 Å². The van der Waals surface area contributed by atoms with E-state index in [1.807, 2.05) is 13.0 Å². The highest BCUT2D eigenvalue weighted by Crippen LogP contribution is 2.21. The molecule has 1 heteroatoms. The fraction of sp³-hybridized carbons (Fsp3) is 0.400. The van der Waals surface area contributed by atoms with Gasteiger partial charge in [0.05, 0.1) is 0 Å². The zero-order valence-electron chi connectivity index (χ0n) is 7.02. The molecule has 0 aliphatic rings. The van der Waals surface area contributed by atoms with Gasteiger partial charge < -0.3 is 0 Å². The first kappa shape index (κ1) is 8.61. The smallest absolute Gasteiger partial charge is 0.0467 e. The summed E-state index contributed by atoms with van der Waals surface area (Å²) in [6.45, 7) is 4.21. The quantitative estimate of drug-likeness (QED) is 0.633. The second-order valence-electron chi connectivity index (χ2n) is 2.80. The maximum absolute atomic E-state index is 6.07. The standard InChI is InChI=1S/C10H13Cl/c1-3-5-9-7-4-6-8(2)10(9)11/h4,6-7H,3,5H2,1-2H3. The molecule has 0 radical (unpaired) electrons. The minimum absolute atomic E-state index is 0.939. The molecule has 0 heterocycles. The van der Waals surface area contributed by atoms with Gasteiger partial charge in [0.1, 0.15) is 0 Å². The van der Waals surface area contributed by atoms with E-state index >= 15 is 0 Å². The third kappa shape index (κ3) is 1.97. The summed E-state index contributed by atoms with van der Waals surface area (Å²) in [4.78, 5) is 0. The van der Waals surface area contributed by atoms with Gasteiger partial charge in [0.25, 0.3) is 0 Å². The summed E-state index contributed by atoms with van der Waals surface area (Å²) in [7, 11) is 0. The minimum atomic E-state index is 0.939. The van der Waals surface area contributed by atoms with Gasteiger partial charge in [-0.05, 0) is 24.5 Å². The van der Waals surface area contributed by atoms with E-state index in [0.717, 1.165) is 17.9 Å². The fourth-order valence-corrected chi connectivity index (χ4v) is 1.39. The highest BCUT2D eigenvalue weighted by Gasteiger charge is 1.99. The first-order valence-corrected chi connectivity index (χ1v) is 4.37. The number of halogens is 1. The minimum Gasteiger partial charge on any atom is -0.0838 e. The highest BCUT2D eigenvalue weighted by molar-refractivity contribution is 6.32. The van der Waals surface area contributed by atoms with Gasteiger partial charge in [0.2, 0.25) is 0 Å². The van der Waals surface area contributed by atoms with E-state index in [9.17, 15) is 0 Å². The molecule has 1 rings (SSSR count). The Bertz CT molecular complexity index is 241. The van der Waals surface area contributed by atoms with Crippen molar-refractivity contribution in [3.63, 3.8) is 0 Å². The van der Waals surface area contributed by atoms with Gasteiger partial charge in [-0.1, -0.05) is 43.1 Å². The van der Waals surface area contributed by atoms with E-state index in [-0.39, 0.29) is 0 Å². The molecule has 0 bridgehead atoms. The van der Waals surface area contributed by atoms with Crippen molar-refractivity contribution in [3.05, 3.63) is 34.3 Å². The van der Waals surface area contributed by atoms with Crippen LogP contribution in [0.4, 0.5) is 0 Å². The van der Waals surface area contributed by atoms with E-state index in [1.54, 1.807) is 0 Å². The van der Waals surface area contributed by atoms with Crippen molar-refractivity contribution >= 4 is 11.6 Å². The van der Waals surface area contributed by atoms with Crippen LogP contribution in [0.2, 0.25) is 5.02 Å². The van der Waals surface area contributed by atoms with Crippen LogP contribution in [0.25, 0.3) is 0 Å². The van der Waals surface area contributed by atoms with Gasteiger partial charge in [0, 0.05) is 5.02 Å². The lowest BCUT2D eigenvalue weighted by molar-refractivity contribution is 0.920. The predicted molar refractivity (Wildman–Crippen MR) is 50.2 cm³/mol. The van der Waals surface area contributed by atoms with E-state index in [4.69, 9.17) is 11.6 Å². The van der Waals surface area contributed by atoms with E-state index in [1.165, 1.54) is 11.1 Å². The molecule has 1 aromatic rings. The molecule has 0 aromatic heterocycles. The molecule has 0 nitrogen and oxygen atoms in total. The van der Waals surface area contributed by atoms with Crippen LogP contribution in [0.15, 0.2) is 18.2 Å². The Hall–Kier alpha value is -0.490. The molecule has 0 fully saturated rings. The molecule has 0 saturated heterocycles. The molecule has 0 N–H and O–H groups in total. The topological polar surface area (TPSA) is 0 Å². The van der Waals surface area contributed by atoms with Crippen LogP contribution in [0, 0.1) is 6.92 Å². The van der Waals surface area contributed by atoms with Gasteiger partial charge in [-0.15, -0.1) is 0 Å². The lowest BCUT2D eigenvalue weighted by Gasteiger charge is -2.03. The highest BCUT2D eigenvalue weighted by atomic mass is 35.5. The molecule has 0 unspecified atom stereocenters. The van der Waals surface area contributed by atoms with Crippen molar-refractivity contribution in [2.24, 2.45) is 0 Å². The Morgan fingerprint density at radius 1 is 1.36 bits per heavy atom. The lowest BCUT2D eigenvalue weighted by Crippen LogP contribution is -1.86. The monoisotopic (exact) mass is 168 g/mol. The van der Waals surface area contributed by atoms with Crippen LogP contribution < -0.4 is 0 Å². The second-order valence-corrected chi connectivity index (χ2v) is 3.18. The molecule has 0 saturated carbocycles. The third-order valence-electron chi connectivity index (χ3n) is 1.79. The van der Waals surface area contributed by atoms with Crippen LogP contribution in [-0.2, 0) is 6.42 Å². The SMILES string of the molecule is CCCc1cccc(C)c1Cl. The summed E-state index contributed by atoms with van der Waals surface area (Å²) in [5.74, 6) is 0. The molecule has 0 amide bonds. The first-order chi connectivity index (χ1) is 5.25. The van der Waals surface area contributed by atoms with Crippen molar-refractivity contribution < 1.29 is 0 Å². The summed E-state index contributed by atoms with van der Waals surface area (Å²) in [6, 6.07) is 6.20. The third-order valence-corrected chi connectivity index (χ3v) is 2.33. The van der Waals surface area contributed by atoms with E-state index in [0.29, 0.717) is 0 Å². The second kappa shape index (κ2) is 3.77. The number of benzene rings is 1. The Morgan fingerprint density at radius 2 is 2.09 bits per heavy atom. The average molecular weight is 169 g/mol. The Labute approximate surface area is 73.2 Å². The number of hydrogen-bond donors (Lipinski definition) is 0. The van der Waals surface area contributed by atoms with E-state index < -0.39 is 0 Å². The molecular formula is C10H13Cl. The number of hydrogen-bond acceptors (Lipinski definition) is 0. The molecule has 0 aliphatic carbocycles. The summed E-state index contributed by atoms with van der Waals surface area (Å²) < 4.78 is 0. The summed E-state index contributed by atoms with van der Waals surface area (Å²) in [5.41, 5.74) is 2.45. The molecule has 11 heavy (non-hydrogen) atoms. The number of aryl methyl sites for hydroxylation is 2. The lowest BCUT2D eigenvalue weighted by atomic mass is 10.1. The molecule has 1 aromatic carbocycles. The Morgan fingerprint density at radius 3 is 2.73 bits per heavy atom. The van der Waals surface area contributed by atoms with Crippen LogP contribution >= 0.6 is 11.6 Å². The summed E-state index contributed by atoms with van der Waals surface area (Å²) in [6.07, 6.45) is 2.24. The van der Waals surface area contributed by atoms with Gasteiger partial charge in [-0.2, -0.15) is 0 Å². The Balaban J connectivity index is 2.96. The van der Waals surface area contributed by atoms with Crippen molar-refractivity contribution in [1.82, 2.24) is 0 Å². The summed E-state index contributed by atoms with van der Waals surface area (Å²) in [5, 5.41) is 0.939. The van der Waals surface area contributed by atoms with Gasteiger partial charge in [0.15, 0.2) is 0 Å². The fourth-order valence-electron chi connectivity index (χ4n) is 1.17. The van der Waals surface area contributed by atoms with Crippen LogP contribution in [0.5, 0.6) is 0 Å². The van der Waals surface area contributed by atoms with Crippen molar-refractivity contribution in [1.29, 1.82) is 0 Å². The predicted octanol–water partition coefficient (Wildman–Crippen LogP) is 3.60. The van der Waals surface area contributed by atoms with Crippen LogP contribution in [0.3, 0.4) is 0 Å². The van der Waals surface area contributed by atoms with E-state index in [2.05, 4.69) is 19.1 Å². The molecule has 0 atom stereocenters. The first-order valence-electron chi connectivity index (χ1n) is 3.99. The van der Waals surface area contributed by atoms with Gasteiger partial charge in [-0.3, -0.25) is 0 Å². The van der Waals surface area contributed by atoms with Crippen LogP contribution in [0.1, 0.15) is 24.5 Å². The van der Waals surface area contributed by atoms with Crippen molar-refractivity contribution in [2.45, 2.75) is 26.7 Å². The zero-order chi connectivity index (χ0) is 8.27. The van der Waals surface area contributed by atoms with Crippen LogP contribution in [-0.4, -0.2) is 0 Å². The molecule has 0 aliphatic heterocycles. The van der Waals surface area contributed by atoms with Crippen molar-refractivity contribution in [3.8, 4) is 0 Å². The Kier molecular flexibility index (Phi) is 2.95. The van der Waals surface area contributed by atoms with Gasteiger partial charge in [-0.25, -0.2) is 0 Å².